The summed E-state index contributed by atoms with van der Waals surface area (Å²) in [5, 5.41) is 3.97. The summed E-state index contributed by atoms with van der Waals surface area (Å²) in [5.41, 5.74) is 4.69. The quantitative estimate of drug-likeness (QED) is 0.680. The van der Waals surface area contributed by atoms with E-state index in [1.807, 2.05) is 18.2 Å². The number of amides is 1. The third-order valence-corrected chi connectivity index (χ3v) is 2.92. The number of nitrogens with zero attached hydrogens (tertiary/aromatic N) is 2. The summed E-state index contributed by atoms with van der Waals surface area (Å²) in [7, 11) is 1.60. The summed E-state index contributed by atoms with van der Waals surface area (Å²) in [6.45, 7) is 1.94. The van der Waals surface area contributed by atoms with Crippen molar-refractivity contribution in [1.82, 2.24) is 10.4 Å². The number of aromatic nitrogens is 1. The molecular weight excluding hydrogens is 282 g/mol. The Hall–Kier alpha value is -2.89. The zero-order chi connectivity index (χ0) is 15.8. The topological polar surface area (TPSA) is 72.8 Å². The fourth-order valence-electron chi connectivity index (χ4n) is 1.67. The van der Waals surface area contributed by atoms with Crippen LogP contribution in [0.2, 0.25) is 0 Å². The van der Waals surface area contributed by atoms with E-state index in [0.717, 1.165) is 16.9 Å². The smallest absolute Gasteiger partial charge is 0.428 e. The Balaban J connectivity index is 1.82. The van der Waals surface area contributed by atoms with Crippen LogP contribution in [0, 0.1) is 0 Å². The number of pyridine rings is 1. The number of hydrogen-bond acceptors (Lipinski definition) is 5. The van der Waals surface area contributed by atoms with Crippen molar-refractivity contribution >= 4 is 11.8 Å². The number of nitrogens with one attached hydrogen (secondary N) is 1. The van der Waals surface area contributed by atoms with Crippen molar-refractivity contribution in [3.63, 3.8) is 0 Å². The maximum absolute atomic E-state index is 11.6. The second kappa shape index (κ2) is 7.78. The number of carbonyl (C=O) groups excluding carboxylic acids is 1. The van der Waals surface area contributed by atoms with Gasteiger partial charge >= 0.3 is 6.09 Å². The molecule has 0 bridgehead atoms. The molecular formula is C16H17N3O3. The van der Waals surface area contributed by atoms with E-state index in [9.17, 15) is 4.79 Å². The van der Waals surface area contributed by atoms with Crippen molar-refractivity contribution in [2.75, 3.05) is 7.11 Å². The number of benzene rings is 1. The number of hydrogen-bond donors (Lipinski definition) is 1. The molecule has 6 heteroatoms. The lowest BCUT2D eigenvalue weighted by atomic mass is 10.2. The molecule has 1 N–H and O–H groups in total. The maximum atomic E-state index is 11.6. The molecule has 0 atom stereocenters. The lowest BCUT2D eigenvalue weighted by Gasteiger charge is -2.06. The van der Waals surface area contributed by atoms with E-state index in [1.165, 1.54) is 0 Å². The molecule has 22 heavy (non-hydrogen) atoms. The highest BCUT2D eigenvalue weighted by atomic mass is 16.6. The molecule has 1 amide bonds. The van der Waals surface area contributed by atoms with E-state index < -0.39 is 6.09 Å². The maximum Gasteiger partial charge on any atom is 0.428 e. The largest absolute Gasteiger partial charge is 0.497 e. The molecule has 0 saturated carbocycles. The van der Waals surface area contributed by atoms with Gasteiger partial charge in [-0.05, 0) is 30.7 Å². The highest BCUT2D eigenvalue weighted by Crippen LogP contribution is 2.11. The minimum Gasteiger partial charge on any atom is -0.497 e. The molecule has 0 fully saturated rings. The lowest BCUT2D eigenvalue weighted by molar-refractivity contribution is 0.140. The van der Waals surface area contributed by atoms with Crippen LogP contribution in [0.1, 0.15) is 18.1 Å². The summed E-state index contributed by atoms with van der Waals surface area (Å²) in [4.78, 5) is 15.6. The number of rotatable bonds is 5. The number of ether oxygens (including phenoxy) is 2. The summed E-state index contributed by atoms with van der Waals surface area (Å²) in [6, 6.07) is 10.9. The van der Waals surface area contributed by atoms with Gasteiger partial charge in [-0.25, -0.2) is 10.2 Å². The molecule has 0 unspecified atom stereocenters. The van der Waals surface area contributed by atoms with E-state index in [0.29, 0.717) is 5.71 Å². The number of methoxy groups -OCH3 is 1. The molecule has 0 aliphatic carbocycles. The Morgan fingerprint density at radius 2 is 2.05 bits per heavy atom. The molecule has 0 radical (unpaired) electrons. The van der Waals surface area contributed by atoms with Crippen LogP contribution in [0.15, 0.2) is 53.9 Å². The van der Waals surface area contributed by atoms with Gasteiger partial charge in [0.2, 0.25) is 0 Å². The van der Waals surface area contributed by atoms with Crippen LogP contribution < -0.4 is 10.2 Å². The van der Waals surface area contributed by atoms with Crippen LogP contribution in [0.4, 0.5) is 4.79 Å². The fourth-order valence-corrected chi connectivity index (χ4v) is 1.67. The predicted octanol–water partition coefficient (Wildman–Crippen LogP) is 2.74. The third-order valence-electron chi connectivity index (χ3n) is 2.92. The molecule has 6 nitrogen and oxygen atoms in total. The Kier molecular flexibility index (Phi) is 5.48. The Morgan fingerprint density at radius 1 is 1.27 bits per heavy atom. The highest BCUT2D eigenvalue weighted by Gasteiger charge is 2.03. The standard InChI is InChI=1S/C16H17N3O3/c1-12(14-4-3-9-17-10-14)18-19-16(20)22-11-13-5-7-15(21-2)8-6-13/h3-10H,11H2,1-2H3,(H,19,20). The molecule has 0 saturated heterocycles. The Bertz CT molecular complexity index is 639. The van der Waals surface area contributed by atoms with Crippen molar-refractivity contribution in [2.24, 2.45) is 5.10 Å². The second-order valence-corrected chi connectivity index (χ2v) is 4.47. The first-order valence-corrected chi connectivity index (χ1v) is 6.69. The van der Waals surface area contributed by atoms with Crippen LogP contribution in [0.5, 0.6) is 5.75 Å². The number of carbonyl (C=O) groups is 1. The van der Waals surface area contributed by atoms with E-state index in [-0.39, 0.29) is 6.61 Å². The Morgan fingerprint density at radius 3 is 2.68 bits per heavy atom. The van der Waals surface area contributed by atoms with Crippen molar-refractivity contribution in [1.29, 1.82) is 0 Å². The molecule has 0 aliphatic rings. The van der Waals surface area contributed by atoms with Gasteiger partial charge in [-0.2, -0.15) is 5.10 Å². The van der Waals surface area contributed by atoms with Gasteiger partial charge in [0.1, 0.15) is 12.4 Å². The van der Waals surface area contributed by atoms with Gasteiger partial charge in [-0.1, -0.05) is 18.2 Å². The van der Waals surface area contributed by atoms with Gasteiger partial charge < -0.3 is 9.47 Å². The third kappa shape index (κ3) is 4.59. The SMILES string of the molecule is COc1ccc(COC(=O)NN=C(C)c2cccnc2)cc1. The van der Waals surface area contributed by atoms with Gasteiger partial charge in [0.25, 0.3) is 0 Å². The van der Waals surface area contributed by atoms with Crippen LogP contribution in [-0.4, -0.2) is 23.9 Å². The molecule has 2 rings (SSSR count). The first-order chi connectivity index (χ1) is 10.7. The summed E-state index contributed by atoms with van der Waals surface area (Å²) < 4.78 is 10.1. The van der Waals surface area contributed by atoms with E-state index in [2.05, 4.69) is 15.5 Å². The molecule has 1 heterocycles. The monoisotopic (exact) mass is 299 g/mol. The van der Waals surface area contributed by atoms with Crippen molar-refractivity contribution in [3.8, 4) is 5.75 Å². The first kappa shape index (κ1) is 15.5. The van der Waals surface area contributed by atoms with Gasteiger partial charge in [-0.15, -0.1) is 0 Å². The second-order valence-electron chi connectivity index (χ2n) is 4.47. The summed E-state index contributed by atoms with van der Waals surface area (Å²) >= 11 is 0. The van der Waals surface area contributed by atoms with Crippen molar-refractivity contribution < 1.29 is 14.3 Å². The summed E-state index contributed by atoms with van der Waals surface area (Å²) in [6.07, 6.45) is 2.73. The van der Waals surface area contributed by atoms with Crippen molar-refractivity contribution in [2.45, 2.75) is 13.5 Å². The zero-order valence-electron chi connectivity index (χ0n) is 12.4. The van der Waals surface area contributed by atoms with E-state index in [4.69, 9.17) is 9.47 Å². The minimum atomic E-state index is -0.612. The first-order valence-electron chi connectivity index (χ1n) is 6.69. The van der Waals surface area contributed by atoms with Crippen LogP contribution in [0.25, 0.3) is 0 Å². The van der Waals surface area contributed by atoms with Crippen LogP contribution in [0.3, 0.4) is 0 Å². The molecule has 2 aromatic rings. The fraction of sp³-hybridized carbons (Fsp3) is 0.188. The van der Waals surface area contributed by atoms with Gasteiger partial charge in [0.05, 0.1) is 12.8 Å². The average Bonchev–Trinajstić information content (AvgIpc) is 2.59. The molecule has 114 valence electrons. The normalized spacial score (nSPS) is 10.9. The van der Waals surface area contributed by atoms with E-state index in [1.54, 1.807) is 44.6 Å². The average molecular weight is 299 g/mol. The van der Waals surface area contributed by atoms with Gasteiger partial charge in [-0.3, -0.25) is 4.98 Å². The number of hydrazone groups is 1. The lowest BCUT2D eigenvalue weighted by Crippen LogP contribution is -2.20. The predicted molar refractivity (Wildman–Crippen MR) is 82.8 cm³/mol. The molecule has 0 spiro atoms. The van der Waals surface area contributed by atoms with E-state index >= 15 is 0 Å². The van der Waals surface area contributed by atoms with Gasteiger partial charge in [0.15, 0.2) is 0 Å². The minimum absolute atomic E-state index is 0.164. The Labute approximate surface area is 128 Å². The summed E-state index contributed by atoms with van der Waals surface area (Å²) in [5.74, 6) is 0.755. The molecule has 1 aromatic carbocycles. The highest BCUT2D eigenvalue weighted by molar-refractivity contribution is 5.98. The van der Waals surface area contributed by atoms with Gasteiger partial charge in [0, 0.05) is 18.0 Å². The molecule has 0 aliphatic heterocycles. The van der Waals surface area contributed by atoms with Crippen molar-refractivity contribution in [3.05, 3.63) is 59.9 Å². The van der Waals surface area contributed by atoms with Crippen LogP contribution >= 0.6 is 0 Å². The van der Waals surface area contributed by atoms with Crippen LogP contribution in [-0.2, 0) is 11.3 Å². The molecule has 1 aromatic heterocycles. The zero-order valence-corrected chi connectivity index (χ0v) is 12.4.